The summed E-state index contributed by atoms with van der Waals surface area (Å²) >= 11 is 0. The van der Waals surface area contributed by atoms with Crippen LogP contribution in [-0.2, 0) is 0 Å². The monoisotopic (exact) mass is 269 g/mol. The first kappa shape index (κ1) is 12.2. The molecule has 6 nitrogen and oxygen atoms in total. The highest BCUT2D eigenvalue weighted by atomic mass is 16.3. The van der Waals surface area contributed by atoms with Gasteiger partial charge in [-0.3, -0.25) is 4.79 Å². The van der Waals surface area contributed by atoms with Crippen LogP contribution in [0, 0.1) is 6.92 Å². The molecule has 0 saturated heterocycles. The topological polar surface area (TPSA) is 80.4 Å². The first-order chi connectivity index (χ1) is 9.65. The molecular weight excluding hydrogens is 258 g/mol. The maximum atomic E-state index is 12.2. The van der Waals surface area contributed by atoms with Gasteiger partial charge in [-0.25, -0.2) is 4.79 Å². The minimum absolute atomic E-state index is 0.403. The van der Waals surface area contributed by atoms with Crippen LogP contribution in [0.25, 0.3) is 10.9 Å². The number of fused-ring (bicyclic) bond motifs is 1. The molecule has 6 heteroatoms. The van der Waals surface area contributed by atoms with Gasteiger partial charge in [-0.2, -0.15) is 5.10 Å². The summed E-state index contributed by atoms with van der Waals surface area (Å²) in [6.45, 7) is 1.80. The maximum absolute atomic E-state index is 12.2. The number of benzene rings is 1. The lowest BCUT2D eigenvalue weighted by Gasteiger charge is -1.99. The zero-order valence-electron chi connectivity index (χ0n) is 10.7. The standard InChI is InChI=1S/C14H11N3O3/c1-9-6-7-10(20-9)8-15-17-13(18)11-4-2-3-5-12(11)16-14(17)19/h2-8H,1H3,(H,16,19). The summed E-state index contributed by atoms with van der Waals surface area (Å²) in [5, 5.41) is 4.28. The summed E-state index contributed by atoms with van der Waals surface area (Å²) in [7, 11) is 0. The Morgan fingerprint density at radius 1 is 1.20 bits per heavy atom. The van der Waals surface area contributed by atoms with E-state index >= 15 is 0 Å². The first-order valence-corrected chi connectivity index (χ1v) is 6.00. The molecule has 0 aliphatic heterocycles. The predicted molar refractivity (Wildman–Crippen MR) is 75.3 cm³/mol. The lowest BCUT2D eigenvalue weighted by Crippen LogP contribution is -2.32. The van der Waals surface area contributed by atoms with Gasteiger partial charge in [0.25, 0.3) is 5.56 Å². The third-order valence-corrected chi connectivity index (χ3v) is 2.85. The third kappa shape index (κ3) is 2.07. The Morgan fingerprint density at radius 3 is 2.75 bits per heavy atom. The summed E-state index contributed by atoms with van der Waals surface area (Å²) < 4.78 is 6.07. The average Bonchev–Trinajstić information content (AvgIpc) is 2.84. The Hall–Kier alpha value is -2.89. The molecule has 20 heavy (non-hydrogen) atoms. The van der Waals surface area contributed by atoms with Gasteiger partial charge in [0.05, 0.1) is 17.1 Å². The molecule has 0 aliphatic rings. The molecule has 0 fully saturated rings. The second-order valence-corrected chi connectivity index (χ2v) is 4.29. The lowest BCUT2D eigenvalue weighted by atomic mass is 10.2. The first-order valence-electron chi connectivity index (χ1n) is 6.00. The molecule has 0 bridgehead atoms. The van der Waals surface area contributed by atoms with Crippen molar-refractivity contribution in [1.82, 2.24) is 9.66 Å². The number of aromatic nitrogens is 2. The number of aryl methyl sites for hydroxylation is 1. The molecule has 3 rings (SSSR count). The van der Waals surface area contributed by atoms with E-state index in [-0.39, 0.29) is 0 Å². The van der Waals surface area contributed by atoms with E-state index in [2.05, 4.69) is 10.1 Å². The van der Waals surface area contributed by atoms with Gasteiger partial charge in [0, 0.05) is 0 Å². The molecule has 2 heterocycles. The molecule has 0 saturated carbocycles. The predicted octanol–water partition coefficient (Wildman–Crippen LogP) is 1.47. The summed E-state index contributed by atoms with van der Waals surface area (Å²) in [6.07, 6.45) is 1.33. The summed E-state index contributed by atoms with van der Waals surface area (Å²) in [4.78, 5) is 26.6. The molecule has 0 aliphatic carbocycles. The molecule has 100 valence electrons. The molecule has 0 atom stereocenters. The van der Waals surface area contributed by atoms with Crippen molar-refractivity contribution in [3.05, 3.63) is 68.8 Å². The number of furan rings is 1. The van der Waals surface area contributed by atoms with Crippen molar-refractivity contribution in [3.63, 3.8) is 0 Å². The Labute approximate surface area is 113 Å². The number of hydrogen-bond acceptors (Lipinski definition) is 4. The van der Waals surface area contributed by atoms with Gasteiger partial charge in [-0.1, -0.05) is 12.1 Å². The van der Waals surface area contributed by atoms with E-state index in [0.29, 0.717) is 16.7 Å². The largest absolute Gasteiger partial charge is 0.460 e. The number of para-hydroxylation sites is 1. The van der Waals surface area contributed by atoms with Crippen LogP contribution >= 0.6 is 0 Å². The minimum atomic E-state index is -0.590. The van der Waals surface area contributed by atoms with Crippen LogP contribution in [-0.4, -0.2) is 15.9 Å². The highest BCUT2D eigenvalue weighted by Crippen LogP contribution is 2.04. The van der Waals surface area contributed by atoms with Crippen molar-refractivity contribution < 1.29 is 4.42 Å². The van der Waals surface area contributed by atoms with E-state index in [9.17, 15) is 9.59 Å². The number of hydrogen-bond donors (Lipinski definition) is 1. The van der Waals surface area contributed by atoms with Crippen molar-refractivity contribution in [3.8, 4) is 0 Å². The molecule has 1 N–H and O–H groups in total. The third-order valence-electron chi connectivity index (χ3n) is 2.85. The van der Waals surface area contributed by atoms with E-state index in [0.717, 1.165) is 10.4 Å². The number of nitrogens with zero attached hydrogens (tertiary/aromatic N) is 2. The number of aromatic amines is 1. The summed E-state index contributed by atoms with van der Waals surface area (Å²) in [5.74, 6) is 1.20. The normalized spacial score (nSPS) is 11.4. The molecule has 1 aromatic carbocycles. The van der Waals surface area contributed by atoms with Gasteiger partial charge < -0.3 is 9.40 Å². The van der Waals surface area contributed by atoms with Crippen LogP contribution in [0.5, 0.6) is 0 Å². The van der Waals surface area contributed by atoms with Crippen LogP contribution in [0.15, 0.2) is 55.5 Å². The van der Waals surface area contributed by atoms with Crippen LogP contribution in [0.2, 0.25) is 0 Å². The smallest absolute Gasteiger partial charge is 0.349 e. The highest BCUT2D eigenvalue weighted by Gasteiger charge is 2.05. The average molecular weight is 269 g/mol. The number of H-pyrrole nitrogens is 1. The number of rotatable bonds is 2. The molecule has 0 amide bonds. The van der Waals surface area contributed by atoms with Crippen molar-refractivity contribution in [2.24, 2.45) is 5.10 Å². The van der Waals surface area contributed by atoms with Crippen LogP contribution in [0.3, 0.4) is 0 Å². The molecule has 0 unspecified atom stereocenters. The Bertz CT molecular complexity index is 915. The fourth-order valence-electron chi connectivity index (χ4n) is 1.90. The lowest BCUT2D eigenvalue weighted by molar-refractivity contribution is 0.527. The Kier molecular flexibility index (Phi) is 2.83. The van der Waals surface area contributed by atoms with Crippen molar-refractivity contribution in [2.75, 3.05) is 0 Å². The van der Waals surface area contributed by atoms with E-state index in [1.807, 2.05) is 0 Å². The van der Waals surface area contributed by atoms with Gasteiger partial charge in [0.2, 0.25) is 0 Å². The van der Waals surface area contributed by atoms with Crippen molar-refractivity contribution in [1.29, 1.82) is 0 Å². The van der Waals surface area contributed by atoms with E-state index in [1.54, 1.807) is 43.3 Å². The van der Waals surface area contributed by atoms with Crippen LogP contribution < -0.4 is 11.2 Å². The van der Waals surface area contributed by atoms with Gasteiger partial charge >= 0.3 is 5.69 Å². The van der Waals surface area contributed by atoms with Crippen LogP contribution in [0.4, 0.5) is 0 Å². The second kappa shape index (κ2) is 4.65. The van der Waals surface area contributed by atoms with E-state index < -0.39 is 11.2 Å². The zero-order valence-corrected chi connectivity index (χ0v) is 10.7. The van der Waals surface area contributed by atoms with E-state index in [4.69, 9.17) is 4.42 Å². The van der Waals surface area contributed by atoms with Gasteiger partial charge in [0.15, 0.2) is 0 Å². The van der Waals surface area contributed by atoms with Gasteiger partial charge in [-0.05, 0) is 31.2 Å². The molecule has 3 aromatic rings. The summed E-state index contributed by atoms with van der Waals surface area (Å²) in [6, 6.07) is 10.3. The second-order valence-electron chi connectivity index (χ2n) is 4.29. The fourth-order valence-corrected chi connectivity index (χ4v) is 1.90. The van der Waals surface area contributed by atoms with Gasteiger partial charge in [0.1, 0.15) is 11.5 Å². The molecule has 0 radical (unpaired) electrons. The molecule has 2 aromatic heterocycles. The summed E-state index contributed by atoms with van der Waals surface area (Å²) in [5.41, 5.74) is -0.570. The zero-order chi connectivity index (χ0) is 14.1. The Morgan fingerprint density at radius 2 is 2.00 bits per heavy atom. The van der Waals surface area contributed by atoms with Gasteiger partial charge in [-0.15, -0.1) is 4.68 Å². The Balaban J connectivity index is 2.14. The fraction of sp³-hybridized carbons (Fsp3) is 0.0714. The number of nitrogens with one attached hydrogen (secondary N) is 1. The van der Waals surface area contributed by atoms with E-state index in [1.165, 1.54) is 6.21 Å². The maximum Gasteiger partial charge on any atom is 0.349 e. The van der Waals surface area contributed by atoms with Crippen LogP contribution in [0.1, 0.15) is 11.5 Å². The minimum Gasteiger partial charge on any atom is -0.460 e. The quantitative estimate of drug-likeness (QED) is 0.715. The van der Waals surface area contributed by atoms with Crippen molar-refractivity contribution in [2.45, 2.75) is 6.92 Å². The SMILES string of the molecule is Cc1ccc(C=Nn2c(=O)[nH]c3ccccc3c2=O)o1. The van der Waals surface area contributed by atoms with Crippen molar-refractivity contribution >= 4 is 17.1 Å². The molecular formula is C14H11N3O3. The highest BCUT2D eigenvalue weighted by molar-refractivity contribution is 5.78. The molecule has 0 spiro atoms.